The lowest BCUT2D eigenvalue weighted by Crippen LogP contribution is -1.90. The van der Waals surface area contributed by atoms with E-state index in [1.54, 1.807) is 6.08 Å². The van der Waals surface area contributed by atoms with Crippen LogP contribution in [-0.4, -0.2) is 8.76 Å². The lowest BCUT2D eigenvalue weighted by Gasteiger charge is -2.01. The molecule has 0 amide bonds. The molecule has 0 aliphatic heterocycles. The summed E-state index contributed by atoms with van der Waals surface area (Å²) in [6, 6.07) is 5.73. The van der Waals surface area contributed by atoms with Crippen molar-refractivity contribution in [3.8, 4) is 0 Å². The Labute approximate surface area is 87.1 Å². The van der Waals surface area contributed by atoms with E-state index in [2.05, 4.69) is 15.9 Å². The highest BCUT2D eigenvalue weighted by molar-refractivity contribution is 9.10. The molecule has 0 heterocycles. The zero-order chi connectivity index (χ0) is 9.42. The number of fused-ring (bicyclic) bond motifs is 1. The molecule has 1 unspecified atom stereocenters. The van der Waals surface area contributed by atoms with E-state index in [1.165, 1.54) is 0 Å². The molecule has 0 bridgehead atoms. The monoisotopic (exact) mass is 258 g/mol. The molecule has 0 saturated carbocycles. The van der Waals surface area contributed by atoms with Crippen molar-refractivity contribution in [1.29, 1.82) is 0 Å². The van der Waals surface area contributed by atoms with Gasteiger partial charge in [0, 0.05) is 4.47 Å². The fourth-order valence-corrected chi connectivity index (χ4v) is 2.47. The Hall–Kier alpha value is -0.450. The van der Waals surface area contributed by atoms with Gasteiger partial charge in [0.05, 0.1) is 4.91 Å². The SMILES string of the molecule is O=S(O)C1=CCc2cc(Br)ccc21. The summed E-state index contributed by atoms with van der Waals surface area (Å²) in [5.74, 6) is 0. The number of rotatable bonds is 1. The third kappa shape index (κ3) is 1.61. The van der Waals surface area contributed by atoms with Crippen LogP contribution in [0.25, 0.3) is 4.91 Å². The highest BCUT2D eigenvalue weighted by Gasteiger charge is 2.17. The Morgan fingerprint density at radius 1 is 1.46 bits per heavy atom. The van der Waals surface area contributed by atoms with Crippen LogP contribution in [-0.2, 0) is 17.5 Å². The summed E-state index contributed by atoms with van der Waals surface area (Å²) in [6.45, 7) is 0. The van der Waals surface area contributed by atoms with Crippen LogP contribution in [0.3, 0.4) is 0 Å². The van der Waals surface area contributed by atoms with Crippen LogP contribution in [0.5, 0.6) is 0 Å². The van der Waals surface area contributed by atoms with Crippen molar-refractivity contribution in [1.82, 2.24) is 0 Å². The molecule has 1 atom stereocenters. The molecule has 1 aromatic carbocycles. The van der Waals surface area contributed by atoms with Crippen LogP contribution >= 0.6 is 15.9 Å². The second-order valence-corrected chi connectivity index (χ2v) is 4.68. The molecule has 2 nitrogen and oxygen atoms in total. The van der Waals surface area contributed by atoms with Gasteiger partial charge in [0.15, 0.2) is 11.1 Å². The van der Waals surface area contributed by atoms with Crippen LogP contribution < -0.4 is 0 Å². The van der Waals surface area contributed by atoms with E-state index in [1.807, 2.05) is 18.2 Å². The Kier molecular flexibility index (Phi) is 2.36. The largest absolute Gasteiger partial charge is 0.302 e. The van der Waals surface area contributed by atoms with Crippen molar-refractivity contribution in [3.05, 3.63) is 39.9 Å². The molecule has 4 heteroatoms. The molecule has 0 saturated heterocycles. The third-order valence-corrected chi connectivity index (χ3v) is 3.28. The lowest BCUT2D eigenvalue weighted by molar-refractivity contribution is 0.575. The predicted molar refractivity (Wildman–Crippen MR) is 56.6 cm³/mol. The van der Waals surface area contributed by atoms with Gasteiger partial charge in [0.2, 0.25) is 0 Å². The van der Waals surface area contributed by atoms with E-state index in [-0.39, 0.29) is 0 Å². The van der Waals surface area contributed by atoms with Crippen LogP contribution in [0.1, 0.15) is 11.1 Å². The van der Waals surface area contributed by atoms with Crippen molar-refractivity contribution in [2.75, 3.05) is 0 Å². The quantitative estimate of drug-likeness (QED) is 0.787. The number of halogens is 1. The van der Waals surface area contributed by atoms with Gasteiger partial charge in [0.1, 0.15) is 0 Å². The van der Waals surface area contributed by atoms with E-state index in [4.69, 9.17) is 4.55 Å². The zero-order valence-corrected chi connectivity index (χ0v) is 9.06. The van der Waals surface area contributed by atoms with E-state index in [0.717, 1.165) is 22.0 Å². The first kappa shape index (κ1) is 9.12. The van der Waals surface area contributed by atoms with Crippen molar-refractivity contribution in [2.45, 2.75) is 6.42 Å². The fourth-order valence-electron chi connectivity index (χ4n) is 1.45. The molecule has 68 valence electrons. The second-order valence-electron chi connectivity index (χ2n) is 2.82. The van der Waals surface area contributed by atoms with Crippen molar-refractivity contribution >= 4 is 31.9 Å². The van der Waals surface area contributed by atoms with E-state index in [9.17, 15) is 4.21 Å². The maximum absolute atomic E-state index is 10.9. The molecule has 1 aromatic rings. The Balaban J connectivity index is 2.51. The average molecular weight is 259 g/mol. The topological polar surface area (TPSA) is 37.3 Å². The summed E-state index contributed by atoms with van der Waals surface area (Å²) in [4.78, 5) is 0.530. The molecule has 2 rings (SSSR count). The minimum atomic E-state index is -1.86. The van der Waals surface area contributed by atoms with Gasteiger partial charge < -0.3 is 4.55 Å². The molecular weight excluding hydrogens is 252 g/mol. The van der Waals surface area contributed by atoms with Crippen LogP contribution in [0, 0.1) is 0 Å². The highest BCUT2D eigenvalue weighted by atomic mass is 79.9. The summed E-state index contributed by atoms with van der Waals surface area (Å²) in [6.07, 6.45) is 2.55. The standard InChI is InChI=1S/C9H7BrO2S/c10-7-2-3-8-6(5-7)1-4-9(8)13(11)12/h2-5H,1H2,(H,11,12). The molecule has 0 fully saturated rings. The number of hydrogen-bond donors (Lipinski definition) is 1. The fraction of sp³-hybridized carbons (Fsp3) is 0.111. The van der Waals surface area contributed by atoms with E-state index >= 15 is 0 Å². The number of hydrogen-bond acceptors (Lipinski definition) is 1. The first-order valence-corrected chi connectivity index (χ1v) is 5.68. The Morgan fingerprint density at radius 2 is 2.23 bits per heavy atom. The van der Waals surface area contributed by atoms with Crippen molar-refractivity contribution < 1.29 is 8.76 Å². The third-order valence-electron chi connectivity index (χ3n) is 2.03. The van der Waals surface area contributed by atoms with Gasteiger partial charge in [-0.05, 0) is 29.7 Å². The van der Waals surface area contributed by atoms with Crippen LogP contribution in [0.15, 0.2) is 28.7 Å². The maximum atomic E-state index is 10.9. The molecule has 1 aliphatic rings. The molecule has 0 spiro atoms. The maximum Gasteiger partial charge on any atom is 0.186 e. The predicted octanol–water partition coefficient (Wildman–Crippen LogP) is 2.57. The Morgan fingerprint density at radius 3 is 2.92 bits per heavy atom. The van der Waals surface area contributed by atoms with E-state index in [0.29, 0.717) is 4.91 Å². The minimum Gasteiger partial charge on any atom is -0.302 e. The summed E-state index contributed by atoms with van der Waals surface area (Å²) in [5.41, 5.74) is 2.00. The van der Waals surface area contributed by atoms with Gasteiger partial charge in [-0.3, -0.25) is 0 Å². The van der Waals surface area contributed by atoms with Gasteiger partial charge in [-0.2, -0.15) is 0 Å². The number of benzene rings is 1. The Bertz CT molecular complexity index is 412. The van der Waals surface area contributed by atoms with Crippen LogP contribution in [0.2, 0.25) is 0 Å². The average Bonchev–Trinajstić information content (AvgIpc) is 2.46. The summed E-state index contributed by atoms with van der Waals surface area (Å²) >= 11 is 1.50. The lowest BCUT2D eigenvalue weighted by atomic mass is 10.1. The summed E-state index contributed by atoms with van der Waals surface area (Å²) in [5, 5.41) is 0. The van der Waals surface area contributed by atoms with Gasteiger partial charge in [-0.1, -0.05) is 28.1 Å². The first-order chi connectivity index (χ1) is 6.18. The van der Waals surface area contributed by atoms with E-state index < -0.39 is 11.1 Å². The van der Waals surface area contributed by atoms with Crippen molar-refractivity contribution in [3.63, 3.8) is 0 Å². The first-order valence-electron chi connectivity index (χ1n) is 3.78. The zero-order valence-electron chi connectivity index (χ0n) is 6.66. The summed E-state index contributed by atoms with van der Waals surface area (Å²) in [7, 11) is 0. The number of allylic oxidation sites excluding steroid dienone is 1. The molecular formula is C9H7BrO2S. The molecule has 0 radical (unpaired) electrons. The molecule has 1 aliphatic carbocycles. The molecule has 0 aromatic heterocycles. The highest BCUT2D eigenvalue weighted by Crippen LogP contribution is 2.30. The van der Waals surface area contributed by atoms with Gasteiger partial charge in [0.25, 0.3) is 0 Å². The van der Waals surface area contributed by atoms with Gasteiger partial charge in [-0.15, -0.1) is 0 Å². The molecule has 13 heavy (non-hydrogen) atoms. The normalized spacial score (nSPS) is 16.6. The molecule has 1 N–H and O–H groups in total. The van der Waals surface area contributed by atoms with Crippen molar-refractivity contribution in [2.24, 2.45) is 0 Å². The second kappa shape index (κ2) is 3.36. The minimum absolute atomic E-state index is 0.530. The smallest absolute Gasteiger partial charge is 0.186 e. The van der Waals surface area contributed by atoms with Gasteiger partial charge in [-0.25, -0.2) is 4.21 Å². The van der Waals surface area contributed by atoms with Crippen LogP contribution in [0.4, 0.5) is 0 Å². The van der Waals surface area contributed by atoms with Gasteiger partial charge >= 0.3 is 0 Å². The summed E-state index contributed by atoms with van der Waals surface area (Å²) < 4.78 is 20.8.